The van der Waals surface area contributed by atoms with Crippen LogP contribution in [0.25, 0.3) is 0 Å². The first kappa shape index (κ1) is 18.3. The van der Waals surface area contributed by atoms with Crippen molar-refractivity contribution in [3.63, 3.8) is 0 Å². The van der Waals surface area contributed by atoms with Crippen LogP contribution in [0.2, 0.25) is 10.0 Å². The highest BCUT2D eigenvalue weighted by Crippen LogP contribution is 2.33. The van der Waals surface area contributed by atoms with Crippen molar-refractivity contribution in [2.24, 2.45) is 5.10 Å². The quantitative estimate of drug-likeness (QED) is 0.581. The lowest BCUT2D eigenvalue weighted by Gasteiger charge is -2.09. The minimum atomic E-state index is -0.197. The number of hydrogen-bond acceptors (Lipinski definition) is 3. The average molecular weight is 365 g/mol. The molecule has 0 unspecified atom stereocenters. The van der Waals surface area contributed by atoms with Crippen molar-refractivity contribution in [3.8, 4) is 5.75 Å². The molecular weight excluding hydrogens is 347 g/mol. The van der Waals surface area contributed by atoms with Crippen LogP contribution in [0.1, 0.15) is 24.5 Å². The van der Waals surface area contributed by atoms with Gasteiger partial charge < -0.3 is 4.74 Å². The molecule has 0 heterocycles. The maximum Gasteiger partial charge on any atom is 0.244 e. The van der Waals surface area contributed by atoms with Crippen molar-refractivity contribution < 1.29 is 9.53 Å². The van der Waals surface area contributed by atoms with E-state index < -0.39 is 0 Å². The zero-order valence-corrected chi connectivity index (χ0v) is 14.8. The van der Waals surface area contributed by atoms with Crippen molar-refractivity contribution >= 4 is 35.3 Å². The molecule has 2 aromatic rings. The third-order valence-electron chi connectivity index (χ3n) is 3.08. The Kier molecular flexibility index (Phi) is 7.09. The molecule has 0 atom stereocenters. The molecule has 6 heteroatoms. The second-order valence-electron chi connectivity index (χ2n) is 5.12. The molecule has 126 valence electrons. The van der Waals surface area contributed by atoms with Gasteiger partial charge in [-0.15, -0.1) is 0 Å². The van der Waals surface area contributed by atoms with E-state index in [1.54, 1.807) is 12.1 Å². The summed E-state index contributed by atoms with van der Waals surface area (Å²) in [5.41, 5.74) is 4.08. The molecule has 0 spiro atoms. The fourth-order valence-electron chi connectivity index (χ4n) is 2.00. The first-order valence-electron chi connectivity index (χ1n) is 7.57. The van der Waals surface area contributed by atoms with E-state index >= 15 is 0 Å². The minimum absolute atomic E-state index is 0.197. The van der Waals surface area contributed by atoms with Gasteiger partial charge in [-0.1, -0.05) is 60.5 Å². The molecule has 0 saturated carbocycles. The molecular formula is C18H18Cl2N2O2. The number of ether oxygens (including phenoxy) is 1. The van der Waals surface area contributed by atoms with E-state index in [-0.39, 0.29) is 12.3 Å². The number of carbonyl (C=O) groups excluding carboxylic acids is 1. The van der Waals surface area contributed by atoms with Gasteiger partial charge in [0.2, 0.25) is 5.91 Å². The number of rotatable bonds is 7. The van der Waals surface area contributed by atoms with E-state index in [0.29, 0.717) is 28.0 Å². The van der Waals surface area contributed by atoms with Crippen LogP contribution < -0.4 is 10.2 Å². The molecule has 1 N–H and O–H groups in total. The van der Waals surface area contributed by atoms with Gasteiger partial charge in [0.15, 0.2) is 5.75 Å². The van der Waals surface area contributed by atoms with Crippen molar-refractivity contribution in [2.75, 3.05) is 6.61 Å². The Balaban J connectivity index is 1.95. The van der Waals surface area contributed by atoms with E-state index in [2.05, 4.69) is 10.5 Å². The van der Waals surface area contributed by atoms with Crippen LogP contribution in [0.15, 0.2) is 47.6 Å². The van der Waals surface area contributed by atoms with Crippen LogP contribution in [-0.4, -0.2) is 18.7 Å². The summed E-state index contributed by atoms with van der Waals surface area (Å²) in [5.74, 6) is 0.267. The zero-order chi connectivity index (χ0) is 17.4. The molecule has 2 aromatic carbocycles. The molecule has 0 aliphatic heterocycles. The Hall–Kier alpha value is -2.04. The predicted octanol–water partition coefficient (Wildman–Crippen LogP) is 4.48. The molecule has 0 bridgehead atoms. The van der Waals surface area contributed by atoms with Gasteiger partial charge in [-0.2, -0.15) is 5.10 Å². The molecule has 0 aliphatic carbocycles. The lowest BCUT2D eigenvalue weighted by molar-refractivity contribution is -0.120. The standard InChI is InChI=1S/C18H18Cl2N2O2/c1-2-8-24-18-15(19)9-14(10-16(18)20)12-21-22-17(23)11-13-6-4-3-5-7-13/h3-7,9-10,12H,2,8,11H2,1H3,(H,22,23)/b21-12-. The fraction of sp³-hybridized carbons (Fsp3) is 0.222. The third-order valence-corrected chi connectivity index (χ3v) is 3.64. The van der Waals surface area contributed by atoms with Crippen LogP contribution in [0.4, 0.5) is 0 Å². The zero-order valence-electron chi connectivity index (χ0n) is 13.3. The number of nitrogens with one attached hydrogen (secondary N) is 1. The Morgan fingerprint density at radius 3 is 2.50 bits per heavy atom. The number of carbonyl (C=O) groups is 1. The highest BCUT2D eigenvalue weighted by Gasteiger charge is 2.09. The highest BCUT2D eigenvalue weighted by atomic mass is 35.5. The Labute approximate surface area is 151 Å². The van der Waals surface area contributed by atoms with Crippen molar-refractivity contribution in [3.05, 3.63) is 63.6 Å². The number of nitrogens with zero attached hydrogens (tertiary/aromatic N) is 1. The number of benzene rings is 2. The topological polar surface area (TPSA) is 50.7 Å². The summed E-state index contributed by atoms with van der Waals surface area (Å²) < 4.78 is 5.50. The third kappa shape index (κ3) is 5.55. The fourth-order valence-corrected chi connectivity index (χ4v) is 2.61. The molecule has 0 aliphatic rings. The largest absolute Gasteiger partial charge is 0.490 e. The normalized spacial score (nSPS) is 10.8. The molecule has 2 rings (SSSR count). The first-order chi connectivity index (χ1) is 11.6. The lowest BCUT2D eigenvalue weighted by Crippen LogP contribution is -2.19. The van der Waals surface area contributed by atoms with Gasteiger partial charge in [0.25, 0.3) is 0 Å². The van der Waals surface area contributed by atoms with Crippen molar-refractivity contribution in [1.29, 1.82) is 0 Å². The Bertz CT molecular complexity index is 695. The van der Waals surface area contributed by atoms with Crippen LogP contribution in [0.5, 0.6) is 5.75 Å². The number of amides is 1. The lowest BCUT2D eigenvalue weighted by atomic mass is 10.1. The maximum atomic E-state index is 11.8. The van der Waals surface area contributed by atoms with E-state index in [1.165, 1.54) is 6.21 Å². The van der Waals surface area contributed by atoms with Crippen LogP contribution in [0.3, 0.4) is 0 Å². The summed E-state index contributed by atoms with van der Waals surface area (Å²) in [6, 6.07) is 12.8. The summed E-state index contributed by atoms with van der Waals surface area (Å²) in [4.78, 5) is 11.8. The average Bonchev–Trinajstić information content (AvgIpc) is 2.55. The molecule has 0 saturated heterocycles. The molecule has 0 radical (unpaired) electrons. The summed E-state index contributed by atoms with van der Waals surface area (Å²) in [5, 5.41) is 4.75. The monoisotopic (exact) mass is 364 g/mol. The SMILES string of the molecule is CCCOc1c(Cl)cc(/C=N\NC(=O)Cc2ccccc2)cc1Cl. The minimum Gasteiger partial charge on any atom is -0.490 e. The van der Waals surface area contributed by atoms with Gasteiger partial charge in [-0.25, -0.2) is 5.43 Å². The summed E-state index contributed by atoms with van der Waals surface area (Å²) in [6.07, 6.45) is 2.62. The molecule has 0 fully saturated rings. The van der Waals surface area contributed by atoms with Crippen LogP contribution in [0, 0.1) is 0 Å². The highest BCUT2D eigenvalue weighted by molar-refractivity contribution is 6.37. The van der Waals surface area contributed by atoms with E-state index in [1.807, 2.05) is 37.3 Å². The second kappa shape index (κ2) is 9.30. The molecule has 1 amide bonds. The van der Waals surface area contributed by atoms with Gasteiger partial charge in [-0.05, 0) is 29.7 Å². The van der Waals surface area contributed by atoms with Gasteiger partial charge in [0.05, 0.1) is 29.3 Å². The van der Waals surface area contributed by atoms with Crippen molar-refractivity contribution in [2.45, 2.75) is 19.8 Å². The van der Waals surface area contributed by atoms with Crippen LogP contribution in [-0.2, 0) is 11.2 Å². The van der Waals surface area contributed by atoms with Gasteiger partial charge in [-0.3, -0.25) is 4.79 Å². The summed E-state index contributed by atoms with van der Waals surface area (Å²) in [7, 11) is 0. The Morgan fingerprint density at radius 2 is 1.88 bits per heavy atom. The molecule has 24 heavy (non-hydrogen) atoms. The van der Waals surface area contributed by atoms with E-state index in [0.717, 1.165) is 12.0 Å². The number of halogens is 2. The van der Waals surface area contributed by atoms with Gasteiger partial charge in [0, 0.05) is 0 Å². The van der Waals surface area contributed by atoms with Gasteiger partial charge >= 0.3 is 0 Å². The number of hydrazone groups is 1. The summed E-state index contributed by atoms with van der Waals surface area (Å²) >= 11 is 12.3. The maximum absolute atomic E-state index is 11.8. The Morgan fingerprint density at radius 1 is 1.21 bits per heavy atom. The second-order valence-corrected chi connectivity index (χ2v) is 5.93. The van der Waals surface area contributed by atoms with Crippen LogP contribution >= 0.6 is 23.2 Å². The van der Waals surface area contributed by atoms with E-state index in [4.69, 9.17) is 27.9 Å². The van der Waals surface area contributed by atoms with E-state index in [9.17, 15) is 4.79 Å². The predicted molar refractivity (Wildman–Crippen MR) is 98.1 cm³/mol. The first-order valence-corrected chi connectivity index (χ1v) is 8.33. The number of hydrogen-bond donors (Lipinski definition) is 1. The molecule has 4 nitrogen and oxygen atoms in total. The summed E-state index contributed by atoms with van der Waals surface area (Å²) in [6.45, 7) is 2.55. The smallest absolute Gasteiger partial charge is 0.244 e. The molecule has 0 aromatic heterocycles. The van der Waals surface area contributed by atoms with Crippen molar-refractivity contribution in [1.82, 2.24) is 5.43 Å². The van der Waals surface area contributed by atoms with Gasteiger partial charge in [0.1, 0.15) is 0 Å².